The number of aromatic nitrogens is 1. The van der Waals surface area contributed by atoms with Crippen molar-refractivity contribution in [2.45, 2.75) is 25.3 Å². The number of carbonyl (C=O) groups excluding carboxylic acids is 1. The minimum Gasteiger partial charge on any atom is -0.494 e. The van der Waals surface area contributed by atoms with Crippen molar-refractivity contribution in [1.29, 1.82) is 0 Å². The van der Waals surface area contributed by atoms with Crippen molar-refractivity contribution in [3.63, 3.8) is 0 Å². The first-order valence-electron chi connectivity index (χ1n) is 8.30. The Labute approximate surface area is 154 Å². The molecule has 26 heavy (non-hydrogen) atoms. The van der Waals surface area contributed by atoms with Gasteiger partial charge in [-0.1, -0.05) is 6.07 Å². The fraction of sp³-hybridized carbons (Fsp3) is 0.333. The van der Waals surface area contributed by atoms with Crippen LogP contribution in [0.25, 0.3) is 0 Å². The summed E-state index contributed by atoms with van der Waals surface area (Å²) >= 11 is 0. The fourth-order valence-corrected chi connectivity index (χ4v) is 3.34. The first-order valence-corrected chi connectivity index (χ1v) is 9.78. The van der Waals surface area contributed by atoms with Gasteiger partial charge in [0.15, 0.2) is 0 Å². The van der Waals surface area contributed by atoms with Gasteiger partial charge >= 0.3 is 0 Å². The van der Waals surface area contributed by atoms with E-state index in [4.69, 9.17) is 4.74 Å². The number of benzene rings is 1. The first-order chi connectivity index (χ1) is 12.4. The van der Waals surface area contributed by atoms with E-state index in [0.29, 0.717) is 18.9 Å². The summed E-state index contributed by atoms with van der Waals surface area (Å²) in [6, 6.07) is 11.7. The molecule has 0 aliphatic rings. The average Bonchev–Trinajstić information content (AvgIpc) is 2.62. The molecular formula is C18H23N3O4S. The van der Waals surface area contributed by atoms with Gasteiger partial charge in [-0.15, -0.1) is 0 Å². The average molecular weight is 377 g/mol. The number of hydrogen-bond donors (Lipinski definition) is 1. The molecule has 1 amide bonds. The van der Waals surface area contributed by atoms with Gasteiger partial charge in [0.2, 0.25) is 15.9 Å². The molecule has 0 aliphatic carbocycles. The lowest BCUT2D eigenvalue weighted by Gasteiger charge is -2.20. The minimum atomic E-state index is -3.65. The summed E-state index contributed by atoms with van der Waals surface area (Å²) in [6.07, 6.45) is 1.66. The highest BCUT2D eigenvalue weighted by Crippen LogP contribution is 2.15. The Hall–Kier alpha value is -2.45. The van der Waals surface area contributed by atoms with Crippen LogP contribution in [-0.2, 0) is 21.4 Å². The molecule has 7 nitrogen and oxygen atoms in total. The third-order valence-corrected chi connectivity index (χ3v) is 5.12. The number of ether oxygens (including phenoxy) is 1. The second kappa shape index (κ2) is 9.30. The van der Waals surface area contributed by atoms with Crippen LogP contribution in [0.5, 0.6) is 5.75 Å². The van der Waals surface area contributed by atoms with Crippen LogP contribution < -0.4 is 9.46 Å². The molecule has 8 heteroatoms. The van der Waals surface area contributed by atoms with Crippen molar-refractivity contribution in [2.75, 3.05) is 19.7 Å². The molecule has 0 bridgehead atoms. The summed E-state index contributed by atoms with van der Waals surface area (Å²) in [5.41, 5.74) is 0.747. The summed E-state index contributed by atoms with van der Waals surface area (Å²) in [5.74, 6) is 0.473. The fourth-order valence-electron chi connectivity index (χ4n) is 2.32. The lowest BCUT2D eigenvalue weighted by atomic mass is 10.3. The molecule has 140 valence electrons. The molecule has 0 fully saturated rings. The Morgan fingerprint density at radius 2 is 1.92 bits per heavy atom. The zero-order chi connectivity index (χ0) is 19.0. The van der Waals surface area contributed by atoms with Gasteiger partial charge in [-0.3, -0.25) is 9.78 Å². The van der Waals surface area contributed by atoms with Gasteiger partial charge in [0, 0.05) is 26.2 Å². The van der Waals surface area contributed by atoms with Crippen LogP contribution in [0.1, 0.15) is 19.5 Å². The van der Waals surface area contributed by atoms with Crippen LogP contribution >= 0.6 is 0 Å². The number of carbonyl (C=O) groups is 1. The Bertz CT molecular complexity index is 808. The number of amides is 1. The van der Waals surface area contributed by atoms with E-state index in [9.17, 15) is 13.2 Å². The van der Waals surface area contributed by atoms with Crippen molar-refractivity contribution in [1.82, 2.24) is 14.6 Å². The molecule has 0 spiro atoms. The molecule has 1 aromatic heterocycles. The number of pyridine rings is 1. The highest BCUT2D eigenvalue weighted by Gasteiger charge is 2.16. The molecule has 1 aromatic carbocycles. The minimum absolute atomic E-state index is 0.113. The summed E-state index contributed by atoms with van der Waals surface area (Å²) in [6.45, 7) is 4.52. The maximum atomic E-state index is 12.3. The maximum Gasteiger partial charge on any atom is 0.240 e. The van der Waals surface area contributed by atoms with Crippen molar-refractivity contribution in [3.05, 3.63) is 54.4 Å². The summed E-state index contributed by atoms with van der Waals surface area (Å²) in [5, 5.41) is 0. The highest BCUT2D eigenvalue weighted by molar-refractivity contribution is 7.89. The molecule has 2 aromatic rings. The number of nitrogens with zero attached hydrogens (tertiary/aromatic N) is 2. The molecule has 2 rings (SSSR count). The van der Waals surface area contributed by atoms with Gasteiger partial charge in [-0.25, -0.2) is 13.1 Å². The maximum absolute atomic E-state index is 12.3. The molecule has 0 saturated heterocycles. The molecular weight excluding hydrogens is 354 g/mol. The molecule has 0 aliphatic heterocycles. The monoisotopic (exact) mass is 377 g/mol. The van der Waals surface area contributed by atoms with E-state index < -0.39 is 10.0 Å². The molecule has 1 heterocycles. The number of hydrogen-bond acceptors (Lipinski definition) is 5. The first kappa shape index (κ1) is 19.9. The SMILES string of the molecule is CCOc1ccc(S(=O)(=O)NCCN(Cc2ccccn2)C(C)=O)cc1. The standard InChI is InChI=1S/C18H23N3O4S/c1-3-25-17-7-9-18(10-8-17)26(23,24)20-12-13-21(15(2)22)14-16-6-4-5-11-19-16/h4-11,20H,3,12-14H2,1-2H3. The van der Waals surface area contributed by atoms with E-state index in [2.05, 4.69) is 9.71 Å². The van der Waals surface area contributed by atoms with Crippen molar-refractivity contribution in [2.24, 2.45) is 0 Å². The van der Waals surface area contributed by atoms with Crippen molar-refractivity contribution >= 4 is 15.9 Å². The van der Waals surface area contributed by atoms with Gasteiger partial charge in [0.25, 0.3) is 0 Å². The zero-order valence-electron chi connectivity index (χ0n) is 14.9. The molecule has 0 radical (unpaired) electrons. The van der Waals surface area contributed by atoms with Gasteiger partial charge < -0.3 is 9.64 Å². The Morgan fingerprint density at radius 3 is 2.50 bits per heavy atom. The predicted octanol–water partition coefficient (Wildman–Crippen LogP) is 1.81. The summed E-state index contributed by atoms with van der Waals surface area (Å²) in [7, 11) is -3.65. The van der Waals surface area contributed by atoms with E-state index in [1.54, 1.807) is 29.3 Å². The van der Waals surface area contributed by atoms with Crippen molar-refractivity contribution < 1.29 is 17.9 Å². The second-order valence-corrected chi connectivity index (χ2v) is 7.33. The quantitative estimate of drug-likeness (QED) is 0.720. The van der Waals surface area contributed by atoms with Crippen LogP contribution in [-0.4, -0.2) is 43.9 Å². The Morgan fingerprint density at radius 1 is 1.19 bits per heavy atom. The van der Waals surface area contributed by atoms with Crippen molar-refractivity contribution in [3.8, 4) is 5.75 Å². The normalized spacial score (nSPS) is 11.2. The van der Waals surface area contributed by atoms with Crippen LogP contribution in [0.4, 0.5) is 0 Å². The van der Waals surface area contributed by atoms with E-state index in [1.807, 2.05) is 19.1 Å². The third kappa shape index (κ3) is 5.82. The largest absolute Gasteiger partial charge is 0.494 e. The molecule has 0 saturated carbocycles. The van der Waals surface area contributed by atoms with Crippen LogP contribution in [0, 0.1) is 0 Å². The predicted molar refractivity (Wildman–Crippen MR) is 98.1 cm³/mol. The molecule has 0 atom stereocenters. The lowest BCUT2D eigenvalue weighted by molar-refractivity contribution is -0.129. The van der Waals surface area contributed by atoms with Gasteiger partial charge in [0.05, 0.1) is 23.7 Å². The van der Waals surface area contributed by atoms with Crippen LogP contribution in [0.2, 0.25) is 0 Å². The summed E-state index contributed by atoms with van der Waals surface area (Å²) < 4.78 is 32.5. The molecule has 0 unspecified atom stereocenters. The van der Waals surface area contributed by atoms with Crippen LogP contribution in [0.15, 0.2) is 53.6 Å². The van der Waals surface area contributed by atoms with E-state index in [1.165, 1.54) is 19.1 Å². The second-order valence-electron chi connectivity index (χ2n) is 5.56. The van der Waals surface area contributed by atoms with E-state index >= 15 is 0 Å². The van der Waals surface area contributed by atoms with E-state index in [0.717, 1.165) is 5.69 Å². The third-order valence-electron chi connectivity index (χ3n) is 3.64. The zero-order valence-corrected chi connectivity index (χ0v) is 15.7. The Kier molecular flexibility index (Phi) is 7.11. The number of sulfonamides is 1. The smallest absolute Gasteiger partial charge is 0.240 e. The summed E-state index contributed by atoms with van der Waals surface area (Å²) in [4.78, 5) is 17.7. The topological polar surface area (TPSA) is 88.6 Å². The van der Waals surface area contributed by atoms with Crippen LogP contribution in [0.3, 0.4) is 0 Å². The lowest BCUT2D eigenvalue weighted by Crippen LogP contribution is -2.37. The van der Waals surface area contributed by atoms with E-state index in [-0.39, 0.29) is 23.9 Å². The number of nitrogens with one attached hydrogen (secondary N) is 1. The number of rotatable bonds is 9. The van der Waals surface area contributed by atoms with Gasteiger partial charge in [-0.05, 0) is 43.3 Å². The van der Waals surface area contributed by atoms with Gasteiger partial charge in [-0.2, -0.15) is 0 Å². The highest BCUT2D eigenvalue weighted by atomic mass is 32.2. The molecule has 1 N–H and O–H groups in total. The van der Waals surface area contributed by atoms with Gasteiger partial charge in [0.1, 0.15) is 5.75 Å². The Balaban J connectivity index is 1.93.